The molecule has 122 valence electrons. The van der Waals surface area contributed by atoms with Crippen LogP contribution in [0.15, 0.2) is 47.3 Å². The molecule has 2 amide bonds. The minimum atomic E-state index is -0.244. The highest BCUT2D eigenvalue weighted by Crippen LogP contribution is 2.12. The molecule has 1 aromatic carbocycles. The minimum absolute atomic E-state index is 0.126. The number of nitrogens with one attached hydrogen (secondary N) is 2. The molecule has 0 saturated carbocycles. The standard InChI is InChI=1S/C18H22N2O3/c1-2-3-4-14-5-7-16(8-6-14)20-17(21)9-11-19-18(22)15-10-12-23-13-15/h5-8,10,12-13H,2-4,9,11H2,1H3,(H,19,22)(H,20,21). The number of hydrogen-bond acceptors (Lipinski definition) is 3. The van der Waals surface area contributed by atoms with E-state index in [0.717, 1.165) is 12.1 Å². The van der Waals surface area contributed by atoms with E-state index in [1.165, 1.54) is 30.9 Å². The van der Waals surface area contributed by atoms with Gasteiger partial charge in [0.1, 0.15) is 6.26 Å². The molecular formula is C18H22N2O3. The highest BCUT2D eigenvalue weighted by atomic mass is 16.3. The predicted molar refractivity (Wildman–Crippen MR) is 89.3 cm³/mol. The lowest BCUT2D eigenvalue weighted by Crippen LogP contribution is -2.27. The maximum Gasteiger partial charge on any atom is 0.254 e. The summed E-state index contributed by atoms with van der Waals surface area (Å²) in [6, 6.07) is 9.47. The molecule has 0 radical (unpaired) electrons. The van der Waals surface area contributed by atoms with Crippen LogP contribution in [0.1, 0.15) is 42.1 Å². The molecule has 0 bridgehead atoms. The van der Waals surface area contributed by atoms with Crippen LogP contribution in [0.5, 0.6) is 0 Å². The van der Waals surface area contributed by atoms with Crippen molar-refractivity contribution in [1.82, 2.24) is 5.32 Å². The monoisotopic (exact) mass is 314 g/mol. The normalized spacial score (nSPS) is 10.3. The number of aryl methyl sites for hydroxylation is 1. The third kappa shape index (κ3) is 5.62. The zero-order chi connectivity index (χ0) is 16.5. The van der Waals surface area contributed by atoms with Crippen LogP contribution in [0.25, 0.3) is 0 Å². The van der Waals surface area contributed by atoms with Gasteiger partial charge < -0.3 is 15.1 Å². The number of anilines is 1. The lowest BCUT2D eigenvalue weighted by atomic mass is 10.1. The first kappa shape index (κ1) is 16.8. The highest BCUT2D eigenvalue weighted by Gasteiger charge is 2.07. The first-order chi connectivity index (χ1) is 11.2. The van der Waals surface area contributed by atoms with E-state index >= 15 is 0 Å². The van der Waals surface area contributed by atoms with Crippen LogP contribution in [-0.4, -0.2) is 18.4 Å². The van der Waals surface area contributed by atoms with E-state index in [0.29, 0.717) is 5.56 Å². The summed E-state index contributed by atoms with van der Waals surface area (Å²) in [6.07, 6.45) is 6.43. The largest absolute Gasteiger partial charge is 0.472 e. The van der Waals surface area contributed by atoms with Gasteiger partial charge >= 0.3 is 0 Å². The molecule has 1 aromatic heterocycles. The Bertz CT molecular complexity index is 618. The van der Waals surface area contributed by atoms with Crippen molar-refractivity contribution >= 4 is 17.5 Å². The SMILES string of the molecule is CCCCc1ccc(NC(=O)CCNC(=O)c2ccoc2)cc1. The summed E-state index contributed by atoms with van der Waals surface area (Å²) in [6.45, 7) is 2.45. The van der Waals surface area contributed by atoms with Gasteiger partial charge in [-0.15, -0.1) is 0 Å². The van der Waals surface area contributed by atoms with Crippen LogP contribution >= 0.6 is 0 Å². The van der Waals surface area contributed by atoms with E-state index in [1.807, 2.05) is 24.3 Å². The first-order valence-electron chi connectivity index (χ1n) is 7.88. The fraction of sp³-hybridized carbons (Fsp3) is 0.333. The summed E-state index contributed by atoms with van der Waals surface area (Å²) in [5.74, 6) is -0.370. The van der Waals surface area contributed by atoms with Crippen LogP contribution in [0.4, 0.5) is 5.69 Å². The Balaban J connectivity index is 1.71. The molecule has 0 fully saturated rings. The molecule has 0 saturated heterocycles. The van der Waals surface area contributed by atoms with Gasteiger partial charge in [0.2, 0.25) is 5.91 Å². The van der Waals surface area contributed by atoms with Gasteiger partial charge in [-0.1, -0.05) is 25.5 Å². The lowest BCUT2D eigenvalue weighted by molar-refractivity contribution is -0.116. The molecule has 2 rings (SSSR count). The minimum Gasteiger partial charge on any atom is -0.472 e. The van der Waals surface area contributed by atoms with Crippen LogP contribution in [0.3, 0.4) is 0 Å². The van der Waals surface area contributed by atoms with E-state index in [4.69, 9.17) is 4.42 Å². The number of carbonyl (C=O) groups is 2. The quantitative estimate of drug-likeness (QED) is 0.784. The summed E-state index contributed by atoms with van der Waals surface area (Å²) in [5, 5.41) is 5.50. The summed E-state index contributed by atoms with van der Waals surface area (Å²) in [7, 11) is 0. The van der Waals surface area contributed by atoms with Crippen molar-refractivity contribution in [1.29, 1.82) is 0 Å². The molecule has 0 atom stereocenters. The average molecular weight is 314 g/mol. The maximum atomic E-state index is 11.9. The van der Waals surface area contributed by atoms with Crippen molar-refractivity contribution in [2.24, 2.45) is 0 Å². The number of unbranched alkanes of at least 4 members (excludes halogenated alkanes) is 1. The molecule has 0 spiro atoms. The van der Waals surface area contributed by atoms with Crippen LogP contribution < -0.4 is 10.6 Å². The van der Waals surface area contributed by atoms with Gasteiger partial charge in [0.15, 0.2) is 0 Å². The smallest absolute Gasteiger partial charge is 0.254 e. The van der Waals surface area contributed by atoms with Gasteiger partial charge in [0.25, 0.3) is 5.91 Å². The molecule has 5 heteroatoms. The molecule has 2 N–H and O–H groups in total. The summed E-state index contributed by atoms with van der Waals surface area (Å²) < 4.78 is 4.84. The van der Waals surface area contributed by atoms with E-state index < -0.39 is 0 Å². The maximum absolute atomic E-state index is 11.9. The van der Waals surface area contributed by atoms with Crippen molar-refractivity contribution in [2.45, 2.75) is 32.6 Å². The van der Waals surface area contributed by atoms with Crippen molar-refractivity contribution in [3.63, 3.8) is 0 Å². The molecule has 0 unspecified atom stereocenters. The van der Waals surface area contributed by atoms with Crippen molar-refractivity contribution in [2.75, 3.05) is 11.9 Å². The van der Waals surface area contributed by atoms with Gasteiger partial charge in [0.05, 0.1) is 11.8 Å². The molecule has 0 aliphatic rings. The van der Waals surface area contributed by atoms with Crippen molar-refractivity contribution in [3.8, 4) is 0 Å². The zero-order valence-corrected chi connectivity index (χ0v) is 13.3. The van der Waals surface area contributed by atoms with Crippen molar-refractivity contribution < 1.29 is 14.0 Å². The van der Waals surface area contributed by atoms with E-state index in [1.54, 1.807) is 6.07 Å². The third-order valence-electron chi connectivity index (χ3n) is 3.48. The molecule has 0 aliphatic carbocycles. The molecule has 0 aliphatic heterocycles. The number of amides is 2. The number of hydrogen-bond donors (Lipinski definition) is 2. The Morgan fingerprint density at radius 3 is 2.57 bits per heavy atom. The average Bonchev–Trinajstić information content (AvgIpc) is 3.08. The van der Waals surface area contributed by atoms with E-state index in [-0.39, 0.29) is 24.8 Å². The van der Waals surface area contributed by atoms with Gasteiger partial charge in [-0.2, -0.15) is 0 Å². The second-order valence-corrected chi connectivity index (χ2v) is 5.37. The van der Waals surface area contributed by atoms with Gasteiger partial charge in [-0.25, -0.2) is 0 Å². The van der Waals surface area contributed by atoms with Crippen LogP contribution in [0.2, 0.25) is 0 Å². The van der Waals surface area contributed by atoms with Gasteiger partial charge in [-0.05, 0) is 36.6 Å². The van der Waals surface area contributed by atoms with E-state index in [9.17, 15) is 9.59 Å². The lowest BCUT2D eigenvalue weighted by Gasteiger charge is -2.07. The summed E-state index contributed by atoms with van der Waals surface area (Å²) in [5.41, 5.74) is 2.50. The second-order valence-electron chi connectivity index (χ2n) is 5.37. The fourth-order valence-corrected chi connectivity index (χ4v) is 2.14. The number of benzene rings is 1. The summed E-state index contributed by atoms with van der Waals surface area (Å²) in [4.78, 5) is 23.5. The Kier molecular flexibility index (Phi) is 6.41. The number of rotatable bonds is 8. The van der Waals surface area contributed by atoms with E-state index in [2.05, 4.69) is 17.6 Å². The Morgan fingerprint density at radius 2 is 1.91 bits per heavy atom. The highest BCUT2D eigenvalue weighted by molar-refractivity contribution is 5.94. The third-order valence-corrected chi connectivity index (χ3v) is 3.48. The molecule has 5 nitrogen and oxygen atoms in total. The fourth-order valence-electron chi connectivity index (χ4n) is 2.14. The number of carbonyl (C=O) groups excluding carboxylic acids is 2. The Labute approximate surface area is 136 Å². The van der Waals surface area contributed by atoms with Crippen LogP contribution in [0, 0.1) is 0 Å². The van der Waals surface area contributed by atoms with Gasteiger partial charge in [-0.3, -0.25) is 9.59 Å². The molecule has 1 heterocycles. The molecule has 23 heavy (non-hydrogen) atoms. The Morgan fingerprint density at radius 1 is 1.13 bits per heavy atom. The topological polar surface area (TPSA) is 71.3 Å². The van der Waals surface area contributed by atoms with Gasteiger partial charge in [0, 0.05) is 18.7 Å². The van der Waals surface area contributed by atoms with Crippen molar-refractivity contribution in [3.05, 3.63) is 54.0 Å². The zero-order valence-electron chi connectivity index (χ0n) is 13.3. The molecular weight excluding hydrogens is 292 g/mol. The summed E-state index contributed by atoms with van der Waals surface area (Å²) >= 11 is 0. The Hall–Kier alpha value is -2.56. The molecule has 2 aromatic rings. The number of furan rings is 1. The predicted octanol–water partition coefficient (Wildman–Crippen LogP) is 3.38. The second kappa shape index (κ2) is 8.78. The van der Waals surface area contributed by atoms with Crippen LogP contribution in [-0.2, 0) is 11.2 Å². The first-order valence-corrected chi connectivity index (χ1v) is 7.88.